The molecule has 0 spiro atoms. The molecule has 34 valence electrons. The normalized spacial score (nSPS) is 6.67. The lowest BCUT2D eigenvalue weighted by molar-refractivity contribution is 0.553. The summed E-state index contributed by atoms with van der Waals surface area (Å²) in [6.45, 7) is 0. The van der Waals surface area contributed by atoms with Gasteiger partial charge in [0.1, 0.15) is 0 Å². The topological polar surface area (TPSA) is 70.4 Å². The van der Waals surface area contributed by atoms with Gasteiger partial charge in [0, 0.05) is 0 Å². The maximum atomic E-state index is 4.36. The minimum absolute atomic E-state index is 0. The Morgan fingerprint density at radius 3 is 1.83 bits per heavy atom. The molecule has 0 saturated heterocycles. The molecule has 0 aromatic carbocycles. The largest absolute Gasteiger partial charge is 0.431 e. The van der Waals surface area contributed by atoms with E-state index in [0.29, 0.717) is 0 Å². The van der Waals surface area contributed by atoms with Gasteiger partial charge >= 0.3 is 0 Å². The SMILES string of the molecule is O.c1nnco1. The number of rotatable bonds is 0. The third-order valence-electron chi connectivity index (χ3n) is 0.283. The van der Waals surface area contributed by atoms with Crippen LogP contribution in [0.25, 0.3) is 0 Å². The first kappa shape index (κ1) is 5.10. The average Bonchev–Trinajstić information content (AvgIpc) is 1.76. The van der Waals surface area contributed by atoms with Gasteiger partial charge in [0.15, 0.2) is 0 Å². The molecule has 0 aliphatic rings. The molecule has 0 atom stereocenters. The molecule has 0 aliphatic heterocycles. The highest BCUT2D eigenvalue weighted by Crippen LogP contribution is 1.64. The van der Waals surface area contributed by atoms with Crippen molar-refractivity contribution in [3.05, 3.63) is 12.8 Å². The zero-order chi connectivity index (χ0) is 3.54. The van der Waals surface area contributed by atoms with E-state index in [9.17, 15) is 0 Å². The minimum Gasteiger partial charge on any atom is -0.431 e. The summed E-state index contributed by atoms with van der Waals surface area (Å²) in [6, 6.07) is 0. The summed E-state index contributed by atoms with van der Waals surface area (Å²) < 4.78 is 4.36. The molecule has 1 rings (SSSR count). The Kier molecular flexibility index (Phi) is 1.99. The van der Waals surface area contributed by atoms with Crippen molar-refractivity contribution in [3.8, 4) is 0 Å². The van der Waals surface area contributed by atoms with E-state index in [-0.39, 0.29) is 5.48 Å². The van der Waals surface area contributed by atoms with Crippen LogP contribution in [0.15, 0.2) is 17.2 Å². The standard InChI is InChI=1S/C2H2N2O.H2O/c1-3-4-2-5-1;/h1-2H;1H2. The van der Waals surface area contributed by atoms with Crippen LogP contribution >= 0.6 is 0 Å². The third kappa shape index (κ3) is 0.813. The maximum absolute atomic E-state index is 4.36. The van der Waals surface area contributed by atoms with Crippen LogP contribution in [0, 0.1) is 0 Å². The lowest BCUT2D eigenvalue weighted by Gasteiger charge is -1.44. The van der Waals surface area contributed by atoms with Crippen LogP contribution in [-0.2, 0) is 0 Å². The minimum atomic E-state index is 0. The van der Waals surface area contributed by atoms with Gasteiger partial charge in [-0.1, -0.05) is 0 Å². The molecule has 4 nitrogen and oxygen atoms in total. The van der Waals surface area contributed by atoms with Crippen molar-refractivity contribution in [1.82, 2.24) is 10.2 Å². The zero-order valence-electron chi connectivity index (χ0n) is 2.96. The highest BCUT2D eigenvalue weighted by molar-refractivity contribution is 4.29. The van der Waals surface area contributed by atoms with Gasteiger partial charge in [-0.3, -0.25) is 0 Å². The molecule has 2 N–H and O–H groups in total. The highest BCUT2D eigenvalue weighted by Gasteiger charge is 1.60. The van der Waals surface area contributed by atoms with Gasteiger partial charge in [-0.25, -0.2) is 0 Å². The zero-order valence-corrected chi connectivity index (χ0v) is 2.96. The van der Waals surface area contributed by atoms with Crippen LogP contribution in [0.2, 0.25) is 0 Å². The van der Waals surface area contributed by atoms with Gasteiger partial charge in [-0.2, -0.15) is 0 Å². The second kappa shape index (κ2) is 2.34. The van der Waals surface area contributed by atoms with Gasteiger partial charge in [0.2, 0.25) is 12.8 Å². The third-order valence-corrected chi connectivity index (χ3v) is 0.283. The molecule has 1 aromatic heterocycles. The smallest absolute Gasteiger partial charge is 0.203 e. The number of nitrogens with zero attached hydrogens (tertiary/aromatic N) is 2. The summed E-state index contributed by atoms with van der Waals surface area (Å²) in [4.78, 5) is 0. The van der Waals surface area contributed by atoms with E-state index in [1.807, 2.05) is 0 Å². The van der Waals surface area contributed by atoms with Crippen LogP contribution < -0.4 is 0 Å². The second-order valence-electron chi connectivity index (χ2n) is 0.578. The molecule has 0 saturated carbocycles. The molecule has 0 aliphatic carbocycles. The molecule has 0 bridgehead atoms. The van der Waals surface area contributed by atoms with E-state index in [1.165, 1.54) is 12.8 Å². The molecular weight excluding hydrogens is 84.0 g/mol. The molecule has 1 heterocycles. The fourth-order valence-corrected chi connectivity index (χ4v) is 0.136. The fourth-order valence-electron chi connectivity index (χ4n) is 0.136. The molecule has 6 heavy (non-hydrogen) atoms. The van der Waals surface area contributed by atoms with E-state index >= 15 is 0 Å². The van der Waals surface area contributed by atoms with Crippen LogP contribution in [0.4, 0.5) is 0 Å². The fraction of sp³-hybridized carbons (Fsp3) is 0. The summed E-state index contributed by atoms with van der Waals surface area (Å²) >= 11 is 0. The molecule has 1 aromatic rings. The van der Waals surface area contributed by atoms with E-state index < -0.39 is 0 Å². The lowest BCUT2D eigenvalue weighted by Crippen LogP contribution is -1.53. The van der Waals surface area contributed by atoms with Crippen molar-refractivity contribution < 1.29 is 9.89 Å². The Balaban J connectivity index is 0.000000250. The van der Waals surface area contributed by atoms with Gasteiger partial charge in [0.25, 0.3) is 0 Å². The monoisotopic (exact) mass is 88.0 g/mol. The van der Waals surface area contributed by atoms with Crippen molar-refractivity contribution in [1.29, 1.82) is 0 Å². The first-order chi connectivity index (χ1) is 2.50. The van der Waals surface area contributed by atoms with Crippen molar-refractivity contribution in [3.63, 3.8) is 0 Å². The predicted molar refractivity (Wildman–Crippen MR) is 17.9 cm³/mol. The summed E-state index contributed by atoms with van der Waals surface area (Å²) in [7, 11) is 0. The Hall–Kier alpha value is -0.900. The van der Waals surface area contributed by atoms with Crippen LogP contribution in [0.5, 0.6) is 0 Å². The van der Waals surface area contributed by atoms with Crippen LogP contribution in [-0.4, -0.2) is 15.7 Å². The van der Waals surface area contributed by atoms with Crippen molar-refractivity contribution in [2.24, 2.45) is 0 Å². The molecule has 0 radical (unpaired) electrons. The second-order valence-corrected chi connectivity index (χ2v) is 0.578. The molecule has 4 heteroatoms. The van der Waals surface area contributed by atoms with Crippen molar-refractivity contribution in [2.75, 3.05) is 0 Å². The predicted octanol–water partition coefficient (Wildman–Crippen LogP) is -0.755. The Bertz CT molecular complexity index is 66.0. The first-order valence-electron chi connectivity index (χ1n) is 1.19. The summed E-state index contributed by atoms with van der Waals surface area (Å²) in [5.74, 6) is 0. The van der Waals surface area contributed by atoms with Crippen LogP contribution in [0.1, 0.15) is 0 Å². The summed E-state index contributed by atoms with van der Waals surface area (Å²) in [6.07, 6.45) is 2.53. The highest BCUT2D eigenvalue weighted by atomic mass is 16.3. The Morgan fingerprint density at radius 1 is 1.17 bits per heavy atom. The Morgan fingerprint density at radius 2 is 1.67 bits per heavy atom. The van der Waals surface area contributed by atoms with Gasteiger partial charge in [0.05, 0.1) is 0 Å². The number of hydrogen-bond donors (Lipinski definition) is 0. The van der Waals surface area contributed by atoms with E-state index in [0.717, 1.165) is 0 Å². The van der Waals surface area contributed by atoms with E-state index in [2.05, 4.69) is 14.6 Å². The first-order valence-corrected chi connectivity index (χ1v) is 1.19. The van der Waals surface area contributed by atoms with Gasteiger partial charge in [-0.05, 0) is 0 Å². The van der Waals surface area contributed by atoms with Crippen molar-refractivity contribution in [2.45, 2.75) is 0 Å². The van der Waals surface area contributed by atoms with Crippen LogP contribution in [0.3, 0.4) is 0 Å². The molecular formula is C2H4N2O2. The molecule has 0 fully saturated rings. The number of hydrogen-bond acceptors (Lipinski definition) is 3. The van der Waals surface area contributed by atoms with Crippen molar-refractivity contribution >= 4 is 0 Å². The summed E-state index contributed by atoms with van der Waals surface area (Å²) in [5, 5.41) is 6.61. The van der Waals surface area contributed by atoms with Gasteiger partial charge < -0.3 is 9.89 Å². The maximum Gasteiger partial charge on any atom is 0.203 e. The van der Waals surface area contributed by atoms with E-state index in [4.69, 9.17) is 0 Å². The average molecular weight is 88.1 g/mol. The lowest BCUT2D eigenvalue weighted by atomic mass is 11.5. The number of aromatic nitrogens is 2. The Labute approximate surface area is 34.1 Å². The quantitative estimate of drug-likeness (QED) is 0.418. The summed E-state index contributed by atoms with van der Waals surface area (Å²) in [5.41, 5.74) is 0. The molecule has 0 amide bonds. The van der Waals surface area contributed by atoms with Gasteiger partial charge in [-0.15, -0.1) is 10.2 Å². The van der Waals surface area contributed by atoms with E-state index in [1.54, 1.807) is 0 Å². The molecule has 0 unspecified atom stereocenters.